The number of amides is 1. The van der Waals surface area contributed by atoms with Crippen molar-refractivity contribution in [2.75, 3.05) is 13.7 Å². The standard InChI is InChI=1S/C16H20N2O4/c1-12(20-2)9-17-16(19)15-8-14(22-18-15)11-21-10-13-6-4-3-5-7-13/h3-8,12H,9-11H2,1-2H3,(H,17,19). The van der Waals surface area contributed by atoms with Crippen LogP contribution in [0.15, 0.2) is 40.9 Å². The normalized spacial score (nSPS) is 12.1. The van der Waals surface area contributed by atoms with Crippen LogP contribution in [0.3, 0.4) is 0 Å². The van der Waals surface area contributed by atoms with Crippen LogP contribution in [0.1, 0.15) is 28.7 Å². The zero-order valence-electron chi connectivity index (χ0n) is 12.7. The van der Waals surface area contributed by atoms with E-state index in [1.807, 2.05) is 37.3 Å². The first-order valence-electron chi connectivity index (χ1n) is 7.07. The molecule has 0 spiro atoms. The van der Waals surface area contributed by atoms with Crippen LogP contribution < -0.4 is 5.32 Å². The van der Waals surface area contributed by atoms with Crippen LogP contribution in [0.2, 0.25) is 0 Å². The number of hydrogen-bond acceptors (Lipinski definition) is 5. The monoisotopic (exact) mass is 304 g/mol. The lowest BCUT2D eigenvalue weighted by molar-refractivity contribution is 0.0851. The summed E-state index contributed by atoms with van der Waals surface area (Å²) in [6.45, 7) is 3.03. The van der Waals surface area contributed by atoms with Gasteiger partial charge in [0.05, 0.1) is 12.7 Å². The van der Waals surface area contributed by atoms with Crippen molar-refractivity contribution in [2.24, 2.45) is 0 Å². The molecule has 0 fully saturated rings. The molecule has 0 radical (unpaired) electrons. The molecule has 0 aliphatic carbocycles. The largest absolute Gasteiger partial charge is 0.380 e. The Hall–Kier alpha value is -2.18. The average molecular weight is 304 g/mol. The fourth-order valence-electron chi connectivity index (χ4n) is 1.74. The molecule has 22 heavy (non-hydrogen) atoms. The average Bonchev–Trinajstić information content (AvgIpc) is 3.02. The highest BCUT2D eigenvalue weighted by Gasteiger charge is 2.13. The molecule has 1 amide bonds. The van der Waals surface area contributed by atoms with Gasteiger partial charge in [0.2, 0.25) is 0 Å². The highest BCUT2D eigenvalue weighted by Crippen LogP contribution is 2.08. The van der Waals surface area contributed by atoms with Crippen molar-refractivity contribution in [3.63, 3.8) is 0 Å². The first-order valence-corrected chi connectivity index (χ1v) is 7.07. The Labute approximate surface area is 129 Å². The van der Waals surface area contributed by atoms with E-state index in [1.165, 1.54) is 0 Å². The third kappa shape index (κ3) is 4.98. The second-order valence-electron chi connectivity index (χ2n) is 4.91. The van der Waals surface area contributed by atoms with Gasteiger partial charge in [0.15, 0.2) is 11.5 Å². The van der Waals surface area contributed by atoms with Gasteiger partial charge in [0, 0.05) is 19.7 Å². The number of hydrogen-bond donors (Lipinski definition) is 1. The minimum Gasteiger partial charge on any atom is -0.380 e. The second-order valence-corrected chi connectivity index (χ2v) is 4.91. The zero-order valence-corrected chi connectivity index (χ0v) is 12.7. The predicted molar refractivity (Wildman–Crippen MR) is 80.2 cm³/mol. The first kappa shape index (κ1) is 16.2. The Kier molecular flexibility index (Phi) is 6.12. The summed E-state index contributed by atoms with van der Waals surface area (Å²) in [7, 11) is 1.59. The number of aromatic nitrogens is 1. The molecule has 0 saturated heterocycles. The van der Waals surface area contributed by atoms with Crippen LogP contribution in [0.5, 0.6) is 0 Å². The van der Waals surface area contributed by atoms with Crippen LogP contribution in [0.4, 0.5) is 0 Å². The Balaban J connectivity index is 1.77. The van der Waals surface area contributed by atoms with E-state index in [9.17, 15) is 4.79 Å². The third-order valence-electron chi connectivity index (χ3n) is 3.10. The second kappa shape index (κ2) is 8.31. The molecule has 0 saturated carbocycles. The van der Waals surface area contributed by atoms with Gasteiger partial charge in [-0.3, -0.25) is 4.79 Å². The fourth-order valence-corrected chi connectivity index (χ4v) is 1.74. The molecule has 0 aliphatic rings. The van der Waals surface area contributed by atoms with Crippen molar-refractivity contribution in [1.82, 2.24) is 10.5 Å². The summed E-state index contributed by atoms with van der Waals surface area (Å²) in [5.41, 5.74) is 1.31. The van der Waals surface area contributed by atoms with E-state index >= 15 is 0 Å². The number of benzene rings is 1. The summed E-state index contributed by atoms with van der Waals surface area (Å²) in [5.74, 6) is 0.225. The van der Waals surface area contributed by atoms with Crippen molar-refractivity contribution < 1.29 is 18.8 Å². The number of nitrogens with zero attached hydrogens (tertiary/aromatic N) is 1. The molecule has 2 aromatic rings. The molecular formula is C16H20N2O4. The summed E-state index contributed by atoms with van der Waals surface area (Å²) in [5, 5.41) is 6.46. The van der Waals surface area contributed by atoms with E-state index in [-0.39, 0.29) is 24.3 Å². The van der Waals surface area contributed by atoms with Gasteiger partial charge < -0.3 is 19.3 Å². The minimum atomic E-state index is -0.290. The van der Waals surface area contributed by atoms with Crippen molar-refractivity contribution >= 4 is 5.91 Å². The molecule has 0 bridgehead atoms. The molecule has 2 rings (SSSR count). The fraction of sp³-hybridized carbons (Fsp3) is 0.375. The highest BCUT2D eigenvalue weighted by molar-refractivity contribution is 5.92. The Morgan fingerprint density at radius 1 is 1.32 bits per heavy atom. The van der Waals surface area contributed by atoms with Gasteiger partial charge in [-0.25, -0.2) is 0 Å². The van der Waals surface area contributed by atoms with Crippen LogP contribution in [0, 0.1) is 0 Å². The molecule has 1 N–H and O–H groups in total. The van der Waals surface area contributed by atoms with Crippen LogP contribution >= 0.6 is 0 Å². The molecule has 1 heterocycles. The number of methoxy groups -OCH3 is 1. The zero-order chi connectivity index (χ0) is 15.8. The number of nitrogens with one attached hydrogen (secondary N) is 1. The van der Waals surface area contributed by atoms with Gasteiger partial charge in [-0.2, -0.15) is 0 Å². The van der Waals surface area contributed by atoms with E-state index in [0.717, 1.165) is 5.56 Å². The summed E-state index contributed by atoms with van der Waals surface area (Å²) < 4.78 is 15.7. The molecular weight excluding hydrogens is 284 g/mol. The number of carbonyl (C=O) groups is 1. The van der Waals surface area contributed by atoms with Gasteiger partial charge in [-0.05, 0) is 12.5 Å². The molecule has 1 aromatic heterocycles. The predicted octanol–water partition coefficient (Wildman–Crippen LogP) is 2.16. The molecule has 1 atom stereocenters. The van der Waals surface area contributed by atoms with Crippen LogP contribution in [-0.4, -0.2) is 30.8 Å². The molecule has 0 aliphatic heterocycles. The van der Waals surface area contributed by atoms with Gasteiger partial charge in [0.25, 0.3) is 5.91 Å². The van der Waals surface area contributed by atoms with Gasteiger partial charge >= 0.3 is 0 Å². The Morgan fingerprint density at radius 3 is 2.82 bits per heavy atom. The lowest BCUT2D eigenvalue weighted by Gasteiger charge is -2.09. The lowest BCUT2D eigenvalue weighted by Crippen LogP contribution is -2.31. The van der Waals surface area contributed by atoms with Crippen LogP contribution in [0.25, 0.3) is 0 Å². The van der Waals surface area contributed by atoms with Crippen molar-refractivity contribution in [3.8, 4) is 0 Å². The number of carbonyl (C=O) groups excluding carboxylic acids is 1. The number of ether oxygens (including phenoxy) is 2. The van der Waals surface area contributed by atoms with E-state index in [1.54, 1.807) is 13.2 Å². The minimum absolute atomic E-state index is 0.0514. The topological polar surface area (TPSA) is 73.6 Å². The quantitative estimate of drug-likeness (QED) is 0.809. The Morgan fingerprint density at radius 2 is 2.09 bits per heavy atom. The van der Waals surface area contributed by atoms with E-state index in [0.29, 0.717) is 18.9 Å². The lowest BCUT2D eigenvalue weighted by atomic mass is 10.2. The smallest absolute Gasteiger partial charge is 0.273 e. The molecule has 1 unspecified atom stereocenters. The maximum Gasteiger partial charge on any atom is 0.273 e. The van der Waals surface area contributed by atoms with Gasteiger partial charge in [0.1, 0.15) is 6.61 Å². The van der Waals surface area contributed by atoms with Crippen molar-refractivity contribution in [1.29, 1.82) is 0 Å². The van der Waals surface area contributed by atoms with Crippen LogP contribution in [-0.2, 0) is 22.7 Å². The number of rotatable bonds is 8. The highest BCUT2D eigenvalue weighted by atomic mass is 16.5. The first-order chi connectivity index (χ1) is 10.7. The Bertz CT molecular complexity index is 583. The summed E-state index contributed by atoms with van der Waals surface area (Å²) in [6, 6.07) is 11.4. The van der Waals surface area contributed by atoms with E-state index in [4.69, 9.17) is 14.0 Å². The summed E-state index contributed by atoms with van der Waals surface area (Å²) in [6.07, 6.45) is -0.0514. The molecule has 6 heteroatoms. The molecule has 1 aromatic carbocycles. The maximum absolute atomic E-state index is 11.8. The van der Waals surface area contributed by atoms with Gasteiger partial charge in [-0.1, -0.05) is 35.5 Å². The van der Waals surface area contributed by atoms with E-state index in [2.05, 4.69) is 10.5 Å². The summed E-state index contributed by atoms with van der Waals surface area (Å²) in [4.78, 5) is 11.8. The SMILES string of the molecule is COC(C)CNC(=O)c1cc(COCc2ccccc2)on1. The van der Waals surface area contributed by atoms with Gasteiger partial charge in [-0.15, -0.1) is 0 Å². The third-order valence-corrected chi connectivity index (χ3v) is 3.10. The molecule has 118 valence electrons. The van der Waals surface area contributed by atoms with Crippen molar-refractivity contribution in [3.05, 3.63) is 53.4 Å². The van der Waals surface area contributed by atoms with E-state index < -0.39 is 0 Å². The maximum atomic E-state index is 11.8. The van der Waals surface area contributed by atoms with Crippen molar-refractivity contribution in [2.45, 2.75) is 26.2 Å². The molecule has 6 nitrogen and oxygen atoms in total. The summed E-state index contributed by atoms with van der Waals surface area (Å²) >= 11 is 0.